The van der Waals surface area contributed by atoms with Gasteiger partial charge in [-0.15, -0.1) is 11.6 Å². The molecule has 0 aromatic rings. The maximum Gasteiger partial charge on any atom is 0.222 e. The van der Waals surface area contributed by atoms with Crippen LogP contribution in [0.3, 0.4) is 0 Å². The Bertz CT molecular complexity index is 268. The monoisotopic (exact) mass is 215 g/mol. The van der Waals surface area contributed by atoms with Gasteiger partial charge in [-0.05, 0) is 13.8 Å². The summed E-state index contributed by atoms with van der Waals surface area (Å²) < 4.78 is 0. The Labute approximate surface area is 89.0 Å². The molecule has 1 N–H and O–H groups in total. The lowest BCUT2D eigenvalue weighted by Gasteiger charge is -2.12. The number of hydrogen-bond acceptors (Lipinski definition) is 3. The second-order valence-electron chi connectivity index (χ2n) is 3.00. The third kappa shape index (κ3) is 5.55. The van der Waals surface area contributed by atoms with Crippen LogP contribution in [-0.2, 0) is 4.79 Å². The van der Waals surface area contributed by atoms with Crippen LogP contribution in [0.15, 0.2) is 4.99 Å². The molecule has 0 radical (unpaired) electrons. The molecule has 0 saturated heterocycles. The highest BCUT2D eigenvalue weighted by atomic mass is 35.5. The van der Waals surface area contributed by atoms with Gasteiger partial charge in [0.1, 0.15) is 5.84 Å². The van der Waals surface area contributed by atoms with E-state index >= 15 is 0 Å². The topological polar surface area (TPSA) is 65.2 Å². The van der Waals surface area contributed by atoms with E-state index in [0.717, 1.165) is 0 Å². The predicted molar refractivity (Wildman–Crippen MR) is 56.3 cm³/mol. The molecule has 0 saturated carbocycles. The van der Waals surface area contributed by atoms with Gasteiger partial charge in [-0.2, -0.15) is 5.26 Å². The summed E-state index contributed by atoms with van der Waals surface area (Å²) in [6.45, 7) is 4.85. The summed E-state index contributed by atoms with van der Waals surface area (Å²) in [6, 6.07) is 1.73. The zero-order valence-corrected chi connectivity index (χ0v) is 9.30. The van der Waals surface area contributed by atoms with E-state index < -0.39 is 0 Å². The Balaban J connectivity index is 4.40. The van der Waals surface area contributed by atoms with Crippen LogP contribution in [0.2, 0.25) is 0 Å². The number of nitriles is 1. The number of alkyl halides is 1. The SMILES string of the molecule is CC(=O)N/C(C)=N\[C@@H](CC#N)C(C)Cl. The van der Waals surface area contributed by atoms with Crippen molar-refractivity contribution in [3.8, 4) is 6.07 Å². The number of nitrogens with one attached hydrogen (secondary N) is 1. The lowest BCUT2D eigenvalue weighted by Crippen LogP contribution is -2.28. The van der Waals surface area contributed by atoms with Crippen molar-refractivity contribution in [2.75, 3.05) is 0 Å². The van der Waals surface area contributed by atoms with Gasteiger partial charge >= 0.3 is 0 Å². The van der Waals surface area contributed by atoms with E-state index in [1.807, 2.05) is 6.07 Å². The van der Waals surface area contributed by atoms with Crippen LogP contribution in [-0.4, -0.2) is 23.2 Å². The molecule has 0 aromatic heterocycles. The van der Waals surface area contributed by atoms with Crippen molar-refractivity contribution in [3.63, 3.8) is 0 Å². The third-order valence-electron chi connectivity index (χ3n) is 1.55. The average molecular weight is 216 g/mol. The van der Waals surface area contributed by atoms with Crippen LogP contribution in [0.1, 0.15) is 27.2 Å². The second-order valence-corrected chi connectivity index (χ2v) is 3.69. The zero-order valence-electron chi connectivity index (χ0n) is 8.54. The first-order valence-electron chi connectivity index (χ1n) is 4.30. The van der Waals surface area contributed by atoms with Crippen LogP contribution in [0, 0.1) is 11.3 Å². The van der Waals surface area contributed by atoms with Gasteiger partial charge in [-0.1, -0.05) is 0 Å². The van der Waals surface area contributed by atoms with E-state index in [4.69, 9.17) is 16.9 Å². The van der Waals surface area contributed by atoms with Gasteiger partial charge in [0.25, 0.3) is 0 Å². The number of carbonyl (C=O) groups excluding carboxylic acids is 1. The molecule has 0 rings (SSSR count). The first-order chi connectivity index (χ1) is 6.47. The van der Waals surface area contributed by atoms with Crippen molar-refractivity contribution in [1.82, 2.24) is 5.32 Å². The minimum Gasteiger partial charge on any atom is -0.315 e. The molecule has 1 unspecified atom stereocenters. The second kappa shape index (κ2) is 6.39. The zero-order chi connectivity index (χ0) is 11.1. The van der Waals surface area contributed by atoms with E-state index in [0.29, 0.717) is 5.84 Å². The molecule has 0 bridgehead atoms. The Kier molecular flexibility index (Phi) is 5.89. The van der Waals surface area contributed by atoms with E-state index in [-0.39, 0.29) is 23.7 Å². The number of rotatable bonds is 3. The van der Waals surface area contributed by atoms with Gasteiger partial charge < -0.3 is 5.32 Å². The largest absolute Gasteiger partial charge is 0.315 e. The number of halogens is 1. The Hall–Kier alpha value is -1.08. The fourth-order valence-corrected chi connectivity index (χ4v) is 1.09. The Morgan fingerprint density at radius 1 is 1.64 bits per heavy atom. The molecular formula is C9H14ClN3O. The minimum atomic E-state index is -0.270. The summed E-state index contributed by atoms with van der Waals surface area (Å²) in [4.78, 5) is 14.8. The molecule has 0 fully saturated rings. The van der Waals surface area contributed by atoms with Gasteiger partial charge in [-0.25, -0.2) is 0 Å². The summed E-state index contributed by atoms with van der Waals surface area (Å²) in [5.41, 5.74) is 0. The molecule has 1 amide bonds. The van der Waals surface area contributed by atoms with Gasteiger partial charge in [0.2, 0.25) is 5.91 Å². The van der Waals surface area contributed by atoms with Crippen molar-refractivity contribution in [3.05, 3.63) is 0 Å². The molecule has 2 atom stereocenters. The lowest BCUT2D eigenvalue weighted by molar-refractivity contribution is -0.117. The number of aliphatic imine (C=N–C) groups is 1. The summed E-state index contributed by atoms with van der Waals surface area (Å²) in [5.74, 6) is 0.314. The Morgan fingerprint density at radius 3 is 2.57 bits per heavy atom. The van der Waals surface area contributed by atoms with E-state index in [1.54, 1.807) is 13.8 Å². The summed E-state index contributed by atoms with van der Waals surface area (Å²) in [7, 11) is 0. The van der Waals surface area contributed by atoms with Gasteiger partial charge in [0.05, 0.1) is 23.9 Å². The molecule has 14 heavy (non-hydrogen) atoms. The average Bonchev–Trinajstić information content (AvgIpc) is 2.01. The molecule has 0 aliphatic heterocycles. The molecule has 0 spiro atoms. The van der Waals surface area contributed by atoms with Crippen molar-refractivity contribution >= 4 is 23.3 Å². The quantitative estimate of drug-likeness (QED) is 0.440. The van der Waals surface area contributed by atoms with Crippen LogP contribution in [0.5, 0.6) is 0 Å². The maximum atomic E-state index is 10.7. The number of hydrogen-bond donors (Lipinski definition) is 1. The van der Waals surface area contributed by atoms with Gasteiger partial charge in [0, 0.05) is 6.92 Å². The molecule has 0 aliphatic rings. The molecule has 0 heterocycles. The first-order valence-corrected chi connectivity index (χ1v) is 4.74. The van der Waals surface area contributed by atoms with Crippen LogP contribution < -0.4 is 5.32 Å². The van der Waals surface area contributed by atoms with Crippen LogP contribution in [0.4, 0.5) is 0 Å². The molecule has 0 aliphatic carbocycles. The predicted octanol–water partition coefficient (Wildman–Crippen LogP) is 1.45. The third-order valence-corrected chi connectivity index (χ3v) is 1.84. The summed E-state index contributed by atoms with van der Waals surface area (Å²) >= 11 is 5.83. The molecule has 0 aromatic carbocycles. The van der Waals surface area contributed by atoms with E-state index in [1.165, 1.54) is 6.92 Å². The maximum absolute atomic E-state index is 10.7. The smallest absolute Gasteiger partial charge is 0.222 e. The number of amidine groups is 1. The normalized spacial score (nSPS) is 15.5. The first kappa shape index (κ1) is 12.9. The number of nitrogens with zero attached hydrogens (tertiary/aromatic N) is 2. The van der Waals surface area contributed by atoms with E-state index in [9.17, 15) is 4.79 Å². The Morgan fingerprint density at radius 2 is 2.21 bits per heavy atom. The molecule has 5 heteroatoms. The highest BCUT2D eigenvalue weighted by molar-refractivity contribution is 6.21. The minimum absolute atomic E-state index is 0.177. The molecule has 4 nitrogen and oxygen atoms in total. The van der Waals surface area contributed by atoms with Crippen molar-refractivity contribution in [1.29, 1.82) is 5.26 Å². The van der Waals surface area contributed by atoms with Gasteiger partial charge in [-0.3, -0.25) is 9.79 Å². The fourth-order valence-electron chi connectivity index (χ4n) is 0.940. The lowest BCUT2D eigenvalue weighted by atomic mass is 10.2. The van der Waals surface area contributed by atoms with Crippen molar-refractivity contribution in [2.45, 2.75) is 38.6 Å². The van der Waals surface area contributed by atoms with Crippen LogP contribution in [0.25, 0.3) is 0 Å². The highest BCUT2D eigenvalue weighted by Crippen LogP contribution is 2.09. The van der Waals surface area contributed by atoms with Crippen LogP contribution >= 0.6 is 11.6 Å². The highest BCUT2D eigenvalue weighted by Gasteiger charge is 2.13. The van der Waals surface area contributed by atoms with E-state index in [2.05, 4.69) is 10.3 Å². The summed E-state index contributed by atoms with van der Waals surface area (Å²) in [6.07, 6.45) is 0.252. The molecule has 78 valence electrons. The fraction of sp³-hybridized carbons (Fsp3) is 0.667. The number of carbonyl (C=O) groups is 1. The number of amides is 1. The van der Waals surface area contributed by atoms with Crippen molar-refractivity contribution < 1.29 is 4.79 Å². The standard InChI is InChI=1S/C9H14ClN3O/c1-6(10)9(4-5-11)13-7(2)12-8(3)14/h6,9H,4H2,1-3H3,(H,12,13,14)/t6?,9-/m0/s1. The van der Waals surface area contributed by atoms with Crippen molar-refractivity contribution in [2.24, 2.45) is 4.99 Å². The van der Waals surface area contributed by atoms with Gasteiger partial charge in [0.15, 0.2) is 0 Å². The summed E-state index contributed by atoms with van der Waals surface area (Å²) in [5, 5.41) is 10.8. The molecular weight excluding hydrogens is 202 g/mol.